The minimum atomic E-state index is -0.0612. The van der Waals surface area contributed by atoms with Crippen LogP contribution in [0.4, 0.5) is 0 Å². The van der Waals surface area contributed by atoms with Gasteiger partial charge in [0.1, 0.15) is 0 Å². The van der Waals surface area contributed by atoms with Gasteiger partial charge in [0.25, 0.3) is 0 Å². The van der Waals surface area contributed by atoms with Gasteiger partial charge in [0, 0.05) is 22.1 Å². The van der Waals surface area contributed by atoms with Crippen LogP contribution in [0.5, 0.6) is 0 Å². The molecule has 41 heavy (non-hydrogen) atoms. The van der Waals surface area contributed by atoms with Gasteiger partial charge in [-0.1, -0.05) is 98.8 Å². The van der Waals surface area contributed by atoms with Crippen LogP contribution in [0.1, 0.15) is 30.5 Å². The molecule has 194 valence electrons. The molecule has 4 nitrogen and oxygen atoms in total. The first-order chi connectivity index (χ1) is 20.0. The number of fused-ring (bicyclic) bond motifs is 3. The molecule has 0 spiro atoms. The minimum Gasteiger partial charge on any atom is -0.208 e. The Labute approximate surface area is 239 Å². The van der Waals surface area contributed by atoms with Gasteiger partial charge in [-0.3, -0.25) is 0 Å². The predicted octanol–water partition coefficient (Wildman–Crippen LogP) is 8.72. The lowest BCUT2D eigenvalue weighted by Crippen LogP contribution is -2.14. The predicted molar refractivity (Wildman–Crippen MR) is 164 cm³/mol. The lowest BCUT2D eigenvalue weighted by Gasteiger charge is -2.22. The normalized spacial score (nSPS) is 12.8. The van der Waals surface area contributed by atoms with Crippen molar-refractivity contribution in [3.63, 3.8) is 0 Å². The highest BCUT2D eigenvalue weighted by molar-refractivity contribution is 5.84. The molecular formula is C37H26N4. The molecule has 5 aromatic carbocycles. The van der Waals surface area contributed by atoms with E-state index in [0.29, 0.717) is 23.0 Å². The van der Waals surface area contributed by atoms with E-state index in [1.165, 1.54) is 22.3 Å². The second-order valence-electron chi connectivity index (χ2n) is 10.9. The molecule has 1 heterocycles. The minimum absolute atomic E-state index is 0.0612. The Morgan fingerprint density at radius 1 is 0.488 bits per heavy atom. The van der Waals surface area contributed by atoms with E-state index in [2.05, 4.69) is 80.6 Å². The van der Waals surface area contributed by atoms with E-state index in [0.717, 1.165) is 27.8 Å². The lowest BCUT2D eigenvalue weighted by molar-refractivity contribution is 0.660. The van der Waals surface area contributed by atoms with E-state index < -0.39 is 0 Å². The fraction of sp³-hybridized carbons (Fsp3) is 0.0811. The molecule has 1 aliphatic rings. The molecule has 0 aliphatic heterocycles. The van der Waals surface area contributed by atoms with Crippen molar-refractivity contribution in [2.75, 3.05) is 0 Å². The molecular weight excluding hydrogens is 500 g/mol. The number of nitriles is 1. The van der Waals surface area contributed by atoms with Crippen LogP contribution in [0, 0.1) is 11.3 Å². The maximum atomic E-state index is 9.24. The molecule has 6 aromatic rings. The third-order valence-corrected chi connectivity index (χ3v) is 7.98. The van der Waals surface area contributed by atoms with Crippen LogP contribution >= 0.6 is 0 Å². The molecule has 0 unspecified atom stereocenters. The molecule has 0 N–H and O–H groups in total. The molecule has 1 aromatic heterocycles. The summed E-state index contributed by atoms with van der Waals surface area (Å²) in [7, 11) is 0. The first-order valence-electron chi connectivity index (χ1n) is 13.7. The van der Waals surface area contributed by atoms with Crippen LogP contribution in [0.15, 0.2) is 121 Å². The molecule has 0 bridgehead atoms. The molecule has 0 saturated heterocycles. The first-order valence-corrected chi connectivity index (χ1v) is 13.7. The van der Waals surface area contributed by atoms with Crippen molar-refractivity contribution in [3.8, 4) is 62.5 Å². The summed E-state index contributed by atoms with van der Waals surface area (Å²) in [5.74, 6) is 1.78. The molecule has 0 radical (unpaired) electrons. The lowest BCUT2D eigenvalue weighted by atomic mass is 9.81. The first kappa shape index (κ1) is 24.6. The van der Waals surface area contributed by atoms with Gasteiger partial charge < -0.3 is 0 Å². The van der Waals surface area contributed by atoms with Crippen LogP contribution in [-0.2, 0) is 5.41 Å². The molecule has 4 heteroatoms. The van der Waals surface area contributed by atoms with Gasteiger partial charge >= 0.3 is 0 Å². The zero-order valence-corrected chi connectivity index (χ0v) is 22.8. The quantitative estimate of drug-likeness (QED) is 0.230. The Kier molecular flexibility index (Phi) is 5.80. The SMILES string of the molecule is CC1(C)c2ccccc2-c2ccc(-c3cccc(-c4nc(-c5ccccc5)nc(-c5ccc(C#N)cc5)n4)c3)cc21. The Balaban J connectivity index is 1.33. The summed E-state index contributed by atoms with van der Waals surface area (Å²) in [6.07, 6.45) is 0. The molecule has 0 fully saturated rings. The van der Waals surface area contributed by atoms with Crippen molar-refractivity contribution >= 4 is 0 Å². The maximum absolute atomic E-state index is 9.24. The number of nitrogens with zero attached hydrogens (tertiary/aromatic N) is 4. The van der Waals surface area contributed by atoms with Crippen LogP contribution in [0.25, 0.3) is 56.4 Å². The zero-order valence-electron chi connectivity index (χ0n) is 22.8. The van der Waals surface area contributed by atoms with Crippen molar-refractivity contribution in [1.82, 2.24) is 15.0 Å². The summed E-state index contributed by atoms with van der Waals surface area (Å²) in [4.78, 5) is 14.6. The second-order valence-corrected chi connectivity index (χ2v) is 10.9. The average Bonchev–Trinajstić information content (AvgIpc) is 3.27. The van der Waals surface area contributed by atoms with Gasteiger partial charge in [0.2, 0.25) is 0 Å². The number of hydrogen-bond donors (Lipinski definition) is 0. The van der Waals surface area contributed by atoms with E-state index in [9.17, 15) is 5.26 Å². The summed E-state index contributed by atoms with van der Waals surface area (Å²) in [6, 6.07) is 43.4. The molecule has 1 aliphatic carbocycles. The monoisotopic (exact) mass is 526 g/mol. The van der Waals surface area contributed by atoms with Crippen molar-refractivity contribution < 1.29 is 0 Å². The molecule has 0 amide bonds. The van der Waals surface area contributed by atoms with Crippen molar-refractivity contribution in [1.29, 1.82) is 5.26 Å². The van der Waals surface area contributed by atoms with E-state index in [1.807, 2.05) is 48.5 Å². The van der Waals surface area contributed by atoms with Crippen LogP contribution in [-0.4, -0.2) is 15.0 Å². The van der Waals surface area contributed by atoms with Crippen LogP contribution in [0.3, 0.4) is 0 Å². The zero-order chi connectivity index (χ0) is 28.0. The van der Waals surface area contributed by atoms with Gasteiger partial charge in [-0.2, -0.15) is 5.26 Å². The third-order valence-electron chi connectivity index (χ3n) is 7.98. The standard InChI is InChI=1S/C37H26N4/c1-37(2)32-14-7-6-13-30(32)31-20-19-28(22-33(31)37)27-11-8-12-29(21-27)36-40-34(25-9-4-3-5-10-25)39-35(41-36)26-17-15-24(23-38)16-18-26/h3-22H,1-2H3. The topological polar surface area (TPSA) is 62.5 Å². The van der Waals surface area contributed by atoms with Gasteiger partial charge in [-0.05, 0) is 69.8 Å². The van der Waals surface area contributed by atoms with Gasteiger partial charge in [0.05, 0.1) is 11.6 Å². The summed E-state index contributed by atoms with van der Waals surface area (Å²) in [6.45, 7) is 4.61. The number of aromatic nitrogens is 3. The highest BCUT2D eigenvalue weighted by Gasteiger charge is 2.35. The van der Waals surface area contributed by atoms with E-state index >= 15 is 0 Å². The summed E-state index contributed by atoms with van der Waals surface area (Å²) >= 11 is 0. The van der Waals surface area contributed by atoms with Crippen molar-refractivity contribution in [2.45, 2.75) is 19.3 Å². The number of rotatable bonds is 4. The Morgan fingerprint density at radius 2 is 1.02 bits per heavy atom. The van der Waals surface area contributed by atoms with Gasteiger partial charge in [0.15, 0.2) is 17.5 Å². The Bertz CT molecular complexity index is 1970. The summed E-state index contributed by atoms with van der Waals surface area (Å²) < 4.78 is 0. The average molecular weight is 527 g/mol. The fourth-order valence-corrected chi connectivity index (χ4v) is 5.77. The van der Waals surface area contributed by atoms with E-state index in [4.69, 9.17) is 15.0 Å². The summed E-state index contributed by atoms with van der Waals surface area (Å²) in [5.41, 5.74) is 10.8. The van der Waals surface area contributed by atoms with Crippen molar-refractivity contribution in [3.05, 3.63) is 138 Å². The number of hydrogen-bond acceptors (Lipinski definition) is 4. The third kappa shape index (κ3) is 4.29. The van der Waals surface area contributed by atoms with Crippen LogP contribution < -0.4 is 0 Å². The summed E-state index contributed by atoms with van der Waals surface area (Å²) in [5, 5.41) is 9.24. The van der Waals surface area contributed by atoms with Gasteiger partial charge in [-0.25, -0.2) is 15.0 Å². The smallest absolute Gasteiger partial charge is 0.164 e. The second kappa shape index (κ2) is 9.66. The maximum Gasteiger partial charge on any atom is 0.164 e. The van der Waals surface area contributed by atoms with E-state index in [-0.39, 0.29) is 5.41 Å². The Morgan fingerprint density at radius 3 is 1.76 bits per heavy atom. The highest BCUT2D eigenvalue weighted by atomic mass is 15.0. The largest absolute Gasteiger partial charge is 0.208 e. The van der Waals surface area contributed by atoms with Crippen LogP contribution in [0.2, 0.25) is 0 Å². The fourth-order valence-electron chi connectivity index (χ4n) is 5.77. The molecule has 7 rings (SSSR count). The number of benzene rings is 5. The molecule has 0 atom stereocenters. The highest BCUT2D eigenvalue weighted by Crippen LogP contribution is 2.49. The van der Waals surface area contributed by atoms with Crippen molar-refractivity contribution in [2.24, 2.45) is 0 Å². The Hall–Kier alpha value is -5.40. The van der Waals surface area contributed by atoms with Gasteiger partial charge in [-0.15, -0.1) is 0 Å². The molecule has 0 saturated carbocycles. The van der Waals surface area contributed by atoms with E-state index in [1.54, 1.807) is 12.1 Å².